The molecule has 0 radical (unpaired) electrons. The Kier molecular flexibility index (Phi) is 8.06. The Morgan fingerprint density at radius 1 is 0.956 bits per heavy atom. The van der Waals surface area contributed by atoms with E-state index < -0.39 is 17.7 Å². The molecule has 1 saturated heterocycles. The van der Waals surface area contributed by atoms with Crippen LogP contribution in [0.15, 0.2) is 48.8 Å². The molecule has 8 heteroatoms. The van der Waals surface area contributed by atoms with Crippen LogP contribution < -0.4 is 9.80 Å². The zero-order valence-corrected chi connectivity index (χ0v) is 27.6. The van der Waals surface area contributed by atoms with E-state index in [1.165, 1.54) is 11.1 Å². The van der Waals surface area contributed by atoms with Crippen molar-refractivity contribution in [2.75, 3.05) is 29.4 Å². The van der Waals surface area contributed by atoms with Crippen molar-refractivity contribution >= 4 is 28.4 Å². The summed E-state index contributed by atoms with van der Waals surface area (Å²) in [6.07, 6.45) is 5.49. The lowest BCUT2D eigenvalue weighted by Crippen LogP contribution is -2.39. The zero-order chi connectivity index (χ0) is 32.1. The molecule has 5 heterocycles. The predicted molar refractivity (Wildman–Crippen MR) is 180 cm³/mol. The molecule has 1 atom stereocenters. The number of hydrogen-bond acceptors (Lipinski definition) is 7. The quantitative estimate of drug-likeness (QED) is 0.242. The summed E-state index contributed by atoms with van der Waals surface area (Å²) in [5.41, 5.74) is 8.38. The van der Waals surface area contributed by atoms with Gasteiger partial charge in [0.15, 0.2) is 11.9 Å². The molecule has 0 saturated carbocycles. The van der Waals surface area contributed by atoms with Crippen LogP contribution in [-0.4, -0.2) is 51.3 Å². The maximum absolute atomic E-state index is 12.8. The van der Waals surface area contributed by atoms with Crippen LogP contribution in [0.1, 0.15) is 81.6 Å². The van der Waals surface area contributed by atoms with Crippen LogP contribution in [-0.2, 0) is 22.5 Å². The van der Waals surface area contributed by atoms with Crippen LogP contribution in [0.2, 0.25) is 0 Å². The van der Waals surface area contributed by atoms with Crippen LogP contribution in [0, 0.1) is 19.3 Å². The fraction of sp³-hybridized carbons (Fsp3) is 0.459. The maximum Gasteiger partial charge on any atom is 0.337 e. The number of nitrogens with zero attached hydrogens (tertiary/aromatic N) is 5. The van der Waals surface area contributed by atoms with Crippen LogP contribution in [0.4, 0.5) is 11.5 Å². The number of fused-ring (bicyclic) bond motifs is 2. The molecule has 3 aromatic heterocycles. The van der Waals surface area contributed by atoms with Crippen molar-refractivity contribution in [3.05, 3.63) is 76.9 Å². The minimum atomic E-state index is -1.13. The average molecular weight is 608 g/mol. The number of pyridine rings is 3. The molecule has 236 valence electrons. The van der Waals surface area contributed by atoms with Crippen molar-refractivity contribution in [1.29, 1.82) is 0 Å². The van der Waals surface area contributed by atoms with E-state index in [1.54, 1.807) is 0 Å². The predicted octanol–water partition coefficient (Wildman–Crippen LogP) is 7.44. The first-order chi connectivity index (χ1) is 21.3. The molecule has 0 amide bonds. The van der Waals surface area contributed by atoms with Gasteiger partial charge >= 0.3 is 5.97 Å². The number of carboxylic acids is 1. The Hall–Kier alpha value is -4.04. The van der Waals surface area contributed by atoms with Crippen molar-refractivity contribution in [2.24, 2.45) is 5.41 Å². The van der Waals surface area contributed by atoms with Crippen molar-refractivity contribution in [2.45, 2.75) is 86.0 Å². The summed E-state index contributed by atoms with van der Waals surface area (Å²) in [7, 11) is 0. The molecule has 1 fully saturated rings. The summed E-state index contributed by atoms with van der Waals surface area (Å²) >= 11 is 0. The number of ether oxygens (including phenoxy) is 1. The Morgan fingerprint density at radius 3 is 2.42 bits per heavy atom. The molecule has 0 spiro atoms. The number of hydrogen-bond donors (Lipinski definition) is 1. The monoisotopic (exact) mass is 607 g/mol. The maximum atomic E-state index is 12.8. The van der Waals surface area contributed by atoms with Gasteiger partial charge in [-0.25, -0.2) is 9.78 Å². The van der Waals surface area contributed by atoms with Gasteiger partial charge in [0, 0.05) is 66.5 Å². The molecule has 0 aliphatic carbocycles. The Morgan fingerprint density at radius 2 is 1.71 bits per heavy atom. The summed E-state index contributed by atoms with van der Waals surface area (Å²) in [4.78, 5) is 31.9. The van der Waals surface area contributed by atoms with Crippen LogP contribution in [0.25, 0.3) is 22.0 Å². The van der Waals surface area contributed by atoms with Gasteiger partial charge in [-0.3, -0.25) is 9.97 Å². The fourth-order valence-corrected chi connectivity index (χ4v) is 6.86. The number of aryl methyl sites for hydroxylation is 2. The molecule has 2 aliphatic heterocycles. The van der Waals surface area contributed by atoms with Gasteiger partial charge in [-0.2, -0.15) is 0 Å². The molecule has 45 heavy (non-hydrogen) atoms. The molecule has 6 rings (SSSR count). The summed E-state index contributed by atoms with van der Waals surface area (Å²) in [6.45, 7) is 17.6. The van der Waals surface area contributed by atoms with Crippen molar-refractivity contribution in [3.63, 3.8) is 0 Å². The number of aliphatic carboxylic acids is 1. The second kappa shape index (κ2) is 11.7. The number of aromatic nitrogens is 3. The summed E-state index contributed by atoms with van der Waals surface area (Å²) in [5.74, 6) is -0.0785. The SMILES string of the molecule is Cc1nc(C)c(C(OC(C)(C)C)C(=O)O)c(N2CCC(C)(C)CC2)c1-c1ccc2c(c1)CCN(c1nccc3cccnc13)C2. The van der Waals surface area contributed by atoms with Crippen LogP contribution in [0.5, 0.6) is 0 Å². The first-order valence-corrected chi connectivity index (χ1v) is 16.0. The molecule has 8 nitrogen and oxygen atoms in total. The average Bonchev–Trinajstić information content (AvgIpc) is 2.98. The van der Waals surface area contributed by atoms with Gasteiger partial charge in [-0.1, -0.05) is 38.1 Å². The Bertz CT molecular complexity index is 1740. The highest BCUT2D eigenvalue weighted by molar-refractivity contribution is 5.89. The van der Waals surface area contributed by atoms with Gasteiger partial charge in [0.05, 0.1) is 11.3 Å². The van der Waals surface area contributed by atoms with Crippen LogP contribution >= 0.6 is 0 Å². The van der Waals surface area contributed by atoms with Crippen LogP contribution in [0.3, 0.4) is 0 Å². The number of rotatable bonds is 6. The lowest BCUT2D eigenvalue weighted by molar-refractivity contribution is -0.160. The normalized spacial score (nSPS) is 17.3. The highest BCUT2D eigenvalue weighted by Crippen LogP contribution is 2.45. The van der Waals surface area contributed by atoms with E-state index in [9.17, 15) is 9.90 Å². The van der Waals surface area contributed by atoms with E-state index in [0.717, 1.165) is 84.7 Å². The smallest absolute Gasteiger partial charge is 0.337 e. The standard InChI is InChI=1S/C37H45N5O3/c1-23-29(27-10-11-28-22-42(18-13-26(28)21-27)34-31-25(12-17-39-34)9-8-16-38-31)32(41-19-14-37(6,7)15-20-41)30(24(2)40-23)33(35(43)44)45-36(3,4)5/h8-12,16-17,21,33H,13-15,18-20,22H2,1-7H3,(H,43,44). The largest absolute Gasteiger partial charge is 0.479 e. The molecular weight excluding hydrogens is 562 g/mol. The van der Waals surface area contributed by atoms with E-state index in [4.69, 9.17) is 14.7 Å². The van der Waals surface area contributed by atoms with Crippen molar-refractivity contribution < 1.29 is 14.6 Å². The van der Waals surface area contributed by atoms with Gasteiger partial charge < -0.3 is 19.6 Å². The second-order valence-electron chi connectivity index (χ2n) is 14.4. The van der Waals surface area contributed by atoms with Gasteiger partial charge in [-0.05, 0) is 88.1 Å². The Labute approximate surface area is 266 Å². The summed E-state index contributed by atoms with van der Waals surface area (Å²) in [6, 6.07) is 12.7. The molecule has 0 bridgehead atoms. The molecular formula is C37H45N5O3. The molecule has 1 N–H and O–H groups in total. The van der Waals surface area contributed by atoms with E-state index >= 15 is 0 Å². The lowest BCUT2D eigenvalue weighted by Gasteiger charge is -2.41. The molecule has 1 aromatic carbocycles. The van der Waals surface area contributed by atoms with E-state index in [2.05, 4.69) is 52.9 Å². The third-order valence-electron chi connectivity index (χ3n) is 9.28. The van der Waals surface area contributed by atoms with Gasteiger partial charge in [0.2, 0.25) is 0 Å². The highest BCUT2D eigenvalue weighted by Gasteiger charge is 2.36. The van der Waals surface area contributed by atoms with Gasteiger partial charge in [0.25, 0.3) is 0 Å². The Balaban J connectivity index is 1.44. The minimum Gasteiger partial charge on any atom is -0.479 e. The zero-order valence-electron chi connectivity index (χ0n) is 27.6. The molecule has 4 aromatic rings. The summed E-state index contributed by atoms with van der Waals surface area (Å²) in [5, 5.41) is 11.6. The van der Waals surface area contributed by atoms with E-state index in [-0.39, 0.29) is 5.41 Å². The number of anilines is 2. The third kappa shape index (κ3) is 6.25. The fourth-order valence-electron chi connectivity index (χ4n) is 6.86. The summed E-state index contributed by atoms with van der Waals surface area (Å²) < 4.78 is 6.26. The number of benzene rings is 1. The number of piperidine rings is 1. The van der Waals surface area contributed by atoms with E-state index in [1.807, 2.05) is 59.1 Å². The second-order valence-corrected chi connectivity index (χ2v) is 14.4. The minimum absolute atomic E-state index is 0.244. The number of carboxylic acid groups (broad SMARTS) is 1. The first-order valence-electron chi connectivity index (χ1n) is 16.0. The van der Waals surface area contributed by atoms with Crippen molar-refractivity contribution in [1.82, 2.24) is 15.0 Å². The number of carbonyl (C=O) groups is 1. The highest BCUT2D eigenvalue weighted by atomic mass is 16.5. The lowest BCUT2D eigenvalue weighted by atomic mass is 9.81. The first kappa shape index (κ1) is 31.0. The molecule has 2 aliphatic rings. The van der Waals surface area contributed by atoms with Gasteiger partial charge in [-0.15, -0.1) is 0 Å². The van der Waals surface area contributed by atoms with Gasteiger partial charge in [0.1, 0.15) is 5.52 Å². The topological polar surface area (TPSA) is 91.7 Å². The molecule has 1 unspecified atom stereocenters. The van der Waals surface area contributed by atoms with Crippen molar-refractivity contribution in [3.8, 4) is 11.1 Å². The van der Waals surface area contributed by atoms with E-state index in [0.29, 0.717) is 11.3 Å². The third-order valence-corrected chi connectivity index (χ3v) is 9.28.